The molecule has 1 atom stereocenters. The van der Waals surface area contributed by atoms with E-state index in [1.165, 1.54) is 16.7 Å². The van der Waals surface area contributed by atoms with Crippen LogP contribution >= 0.6 is 0 Å². The van der Waals surface area contributed by atoms with Crippen molar-refractivity contribution < 1.29 is 0 Å². The third-order valence-corrected chi connectivity index (χ3v) is 5.77. The predicted molar refractivity (Wildman–Crippen MR) is 71.0 cm³/mol. The van der Waals surface area contributed by atoms with Gasteiger partial charge in [0.05, 0.1) is 8.07 Å². The van der Waals surface area contributed by atoms with Crippen molar-refractivity contribution in [1.82, 2.24) is 0 Å². The molecule has 0 heterocycles. The van der Waals surface area contributed by atoms with Gasteiger partial charge in [-0.3, -0.25) is 0 Å². The monoisotopic (exact) mass is 216 g/mol. The van der Waals surface area contributed by atoms with E-state index in [4.69, 9.17) is 0 Å². The van der Waals surface area contributed by atoms with E-state index < -0.39 is 8.07 Å². The summed E-state index contributed by atoms with van der Waals surface area (Å²) in [5.74, 6) is 0. The second kappa shape index (κ2) is 3.34. The minimum atomic E-state index is -1.12. The number of rotatable bonds is 1. The van der Waals surface area contributed by atoms with Gasteiger partial charge in [0.1, 0.15) is 0 Å². The first-order valence-corrected chi connectivity index (χ1v) is 9.27. The van der Waals surface area contributed by atoms with Crippen molar-refractivity contribution in [2.24, 2.45) is 0 Å². The third-order valence-electron chi connectivity index (χ3n) is 3.42. The van der Waals surface area contributed by atoms with Crippen LogP contribution in [0.1, 0.15) is 27.8 Å². The van der Waals surface area contributed by atoms with Crippen LogP contribution in [-0.2, 0) is 0 Å². The molecule has 1 aromatic carbocycles. The van der Waals surface area contributed by atoms with Crippen LogP contribution < -0.4 is 0 Å². The predicted octanol–water partition coefficient (Wildman–Crippen LogP) is 4.29. The van der Waals surface area contributed by atoms with Crippen LogP contribution in [0.4, 0.5) is 0 Å². The molecule has 0 aliphatic heterocycles. The lowest BCUT2D eigenvalue weighted by Crippen LogP contribution is -2.29. The van der Waals surface area contributed by atoms with E-state index in [2.05, 4.69) is 57.8 Å². The van der Waals surface area contributed by atoms with Crippen molar-refractivity contribution in [3.8, 4) is 0 Å². The van der Waals surface area contributed by atoms with Crippen molar-refractivity contribution >= 4 is 14.1 Å². The SMILES string of the molecule is Cc1ccc(C)c2c1C=CC2[Si](C)(C)C. The molecule has 80 valence electrons. The van der Waals surface area contributed by atoms with Crippen LogP contribution in [0.3, 0.4) is 0 Å². The number of benzene rings is 1. The highest BCUT2D eigenvalue weighted by atomic mass is 28.3. The average molecular weight is 216 g/mol. The summed E-state index contributed by atoms with van der Waals surface area (Å²) in [6.07, 6.45) is 4.76. The van der Waals surface area contributed by atoms with Crippen molar-refractivity contribution in [3.63, 3.8) is 0 Å². The number of hydrogen-bond acceptors (Lipinski definition) is 0. The summed E-state index contributed by atoms with van der Waals surface area (Å²) in [5.41, 5.74) is 6.70. The summed E-state index contributed by atoms with van der Waals surface area (Å²) >= 11 is 0. The van der Waals surface area contributed by atoms with Gasteiger partial charge in [-0.25, -0.2) is 0 Å². The van der Waals surface area contributed by atoms with Gasteiger partial charge in [-0.1, -0.05) is 43.9 Å². The molecular weight excluding hydrogens is 196 g/mol. The first-order chi connectivity index (χ1) is 6.91. The molecular formula is C14H20Si. The Hall–Kier alpha value is -0.823. The molecule has 1 aromatic rings. The molecule has 0 bridgehead atoms. The maximum Gasteiger partial charge on any atom is 0.0566 e. The van der Waals surface area contributed by atoms with Crippen molar-refractivity contribution in [1.29, 1.82) is 0 Å². The van der Waals surface area contributed by atoms with E-state index in [1.807, 2.05) is 0 Å². The highest BCUT2D eigenvalue weighted by molar-refractivity contribution is 6.78. The summed E-state index contributed by atoms with van der Waals surface area (Å²) in [7, 11) is -1.12. The first kappa shape index (κ1) is 10.7. The van der Waals surface area contributed by atoms with Gasteiger partial charge < -0.3 is 0 Å². The van der Waals surface area contributed by atoms with E-state index >= 15 is 0 Å². The van der Waals surface area contributed by atoms with Gasteiger partial charge in [-0.15, -0.1) is 0 Å². The fourth-order valence-electron chi connectivity index (χ4n) is 2.50. The van der Waals surface area contributed by atoms with E-state index in [1.54, 1.807) is 5.56 Å². The molecule has 1 heteroatoms. The van der Waals surface area contributed by atoms with Gasteiger partial charge in [0.15, 0.2) is 0 Å². The first-order valence-electron chi connectivity index (χ1n) is 5.69. The molecule has 1 unspecified atom stereocenters. The number of aryl methyl sites for hydroxylation is 2. The van der Waals surface area contributed by atoms with E-state index in [0.29, 0.717) is 5.54 Å². The molecule has 0 fully saturated rings. The van der Waals surface area contributed by atoms with E-state index in [9.17, 15) is 0 Å². The van der Waals surface area contributed by atoms with Gasteiger partial charge in [0.2, 0.25) is 0 Å². The molecule has 0 spiro atoms. The summed E-state index contributed by atoms with van der Waals surface area (Å²) in [5, 5.41) is 0. The van der Waals surface area contributed by atoms with Gasteiger partial charge in [-0.05, 0) is 41.6 Å². The Bertz CT molecular complexity index is 422. The van der Waals surface area contributed by atoms with Gasteiger partial charge in [0, 0.05) is 0 Å². The van der Waals surface area contributed by atoms with E-state index in [-0.39, 0.29) is 0 Å². The van der Waals surface area contributed by atoms with Gasteiger partial charge >= 0.3 is 0 Å². The summed E-state index contributed by atoms with van der Waals surface area (Å²) < 4.78 is 0. The zero-order chi connectivity index (χ0) is 11.2. The summed E-state index contributed by atoms with van der Waals surface area (Å²) in [6.45, 7) is 11.8. The Labute approximate surface area is 94.0 Å². The van der Waals surface area contributed by atoms with Crippen LogP contribution in [0, 0.1) is 13.8 Å². The lowest BCUT2D eigenvalue weighted by Gasteiger charge is -2.26. The van der Waals surface area contributed by atoms with Crippen molar-refractivity contribution in [3.05, 3.63) is 40.5 Å². The molecule has 1 aliphatic carbocycles. The maximum absolute atomic E-state index is 2.46. The lowest BCUT2D eigenvalue weighted by atomic mass is 9.99. The highest BCUT2D eigenvalue weighted by Gasteiger charge is 2.31. The van der Waals surface area contributed by atoms with Crippen LogP contribution in [0.25, 0.3) is 6.08 Å². The molecule has 0 saturated heterocycles. The quantitative estimate of drug-likeness (QED) is 0.614. The Morgan fingerprint density at radius 3 is 2.20 bits per heavy atom. The Morgan fingerprint density at radius 2 is 1.60 bits per heavy atom. The molecule has 0 aromatic heterocycles. The molecule has 1 aliphatic rings. The minimum Gasteiger partial charge on any atom is -0.0791 e. The maximum atomic E-state index is 2.46. The molecule has 0 nitrogen and oxygen atoms in total. The normalized spacial score (nSPS) is 19.4. The van der Waals surface area contributed by atoms with Crippen molar-refractivity contribution in [2.45, 2.75) is 39.0 Å². The zero-order valence-electron chi connectivity index (χ0n) is 10.4. The largest absolute Gasteiger partial charge is 0.0791 e. The third kappa shape index (κ3) is 1.69. The van der Waals surface area contributed by atoms with Crippen molar-refractivity contribution in [2.75, 3.05) is 0 Å². The Balaban J connectivity index is 2.60. The van der Waals surface area contributed by atoms with Gasteiger partial charge in [-0.2, -0.15) is 0 Å². The number of hydrogen-bond donors (Lipinski definition) is 0. The lowest BCUT2D eigenvalue weighted by molar-refractivity contribution is 1.12. The molecule has 15 heavy (non-hydrogen) atoms. The molecule has 2 rings (SSSR count). The van der Waals surface area contributed by atoms with Crippen LogP contribution in [0.5, 0.6) is 0 Å². The summed E-state index contributed by atoms with van der Waals surface area (Å²) in [6, 6.07) is 4.51. The van der Waals surface area contributed by atoms with Crippen LogP contribution in [0.2, 0.25) is 19.6 Å². The standard InChI is InChI=1S/C14H20Si/c1-10-6-7-11(2)14-12(10)8-9-13(14)15(3,4)5/h6-9,13H,1-5H3. The van der Waals surface area contributed by atoms with Crippen LogP contribution in [-0.4, -0.2) is 8.07 Å². The fourth-order valence-corrected chi connectivity index (χ4v) is 4.42. The zero-order valence-corrected chi connectivity index (χ0v) is 11.4. The van der Waals surface area contributed by atoms with Gasteiger partial charge in [0.25, 0.3) is 0 Å². The van der Waals surface area contributed by atoms with Crippen LogP contribution in [0.15, 0.2) is 18.2 Å². The molecule has 0 amide bonds. The summed E-state index contributed by atoms with van der Waals surface area (Å²) in [4.78, 5) is 0. The molecule has 0 N–H and O–H groups in total. The molecule has 0 saturated carbocycles. The Morgan fingerprint density at radius 1 is 1.00 bits per heavy atom. The minimum absolute atomic E-state index is 0.715. The highest BCUT2D eigenvalue weighted by Crippen LogP contribution is 2.39. The number of allylic oxidation sites excluding steroid dienone is 1. The second-order valence-corrected chi connectivity index (χ2v) is 11.1. The number of fused-ring (bicyclic) bond motifs is 1. The fraction of sp³-hybridized carbons (Fsp3) is 0.429. The average Bonchev–Trinajstić information content (AvgIpc) is 2.55. The Kier molecular flexibility index (Phi) is 2.38. The molecule has 0 radical (unpaired) electrons. The van der Waals surface area contributed by atoms with E-state index in [0.717, 1.165) is 0 Å². The topological polar surface area (TPSA) is 0 Å². The second-order valence-electron chi connectivity index (χ2n) is 5.73. The smallest absolute Gasteiger partial charge is 0.0566 e.